The fourth-order valence-electron chi connectivity index (χ4n) is 4.47. The number of hydrogen-bond donors (Lipinski definition) is 0. The number of aromatic nitrogens is 2. The van der Waals surface area contributed by atoms with Crippen LogP contribution >= 0.6 is 0 Å². The predicted octanol–water partition coefficient (Wildman–Crippen LogP) is 1.18. The number of likely N-dealkylation sites (tertiary alicyclic amines) is 2. The van der Waals surface area contributed by atoms with Crippen LogP contribution in [-0.4, -0.2) is 109 Å². The lowest BCUT2D eigenvalue weighted by Crippen LogP contribution is -2.48. The third-order valence-electron chi connectivity index (χ3n) is 6.37. The van der Waals surface area contributed by atoms with Crippen LogP contribution < -0.4 is 0 Å². The first kappa shape index (κ1) is 21.3. The lowest BCUT2D eigenvalue weighted by atomic mass is 9.97. The smallest absolute Gasteiger partial charge is 0.236 e. The van der Waals surface area contributed by atoms with Crippen LogP contribution in [0.2, 0.25) is 0 Å². The predicted molar refractivity (Wildman–Crippen MR) is 112 cm³/mol. The lowest BCUT2D eigenvalue weighted by Gasteiger charge is -2.37. The van der Waals surface area contributed by atoms with E-state index >= 15 is 0 Å². The van der Waals surface area contributed by atoms with Gasteiger partial charge in [-0.05, 0) is 67.0 Å². The number of amides is 1. The van der Waals surface area contributed by atoms with E-state index in [0.717, 1.165) is 70.8 Å². The van der Waals surface area contributed by atoms with Gasteiger partial charge in [-0.25, -0.2) is 4.98 Å². The number of carbonyl (C=O) groups excluding carboxylic acids is 1. The SMILES string of the molecule is CN(C)CCn1ccnc1C1CCCN(C(=O)CN(C)C2CCN(C)CC2)C1. The van der Waals surface area contributed by atoms with Gasteiger partial charge in [-0.3, -0.25) is 9.69 Å². The molecule has 1 aromatic rings. The fourth-order valence-corrected chi connectivity index (χ4v) is 4.47. The van der Waals surface area contributed by atoms with Gasteiger partial charge in [-0.1, -0.05) is 0 Å². The first-order valence-corrected chi connectivity index (χ1v) is 10.8. The van der Waals surface area contributed by atoms with E-state index in [-0.39, 0.29) is 5.91 Å². The molecular formula is C21H38N6O. The molecule has 2 aliphatic heterocycles. The van der Waals surface area contributed by atoms with E-state index < -0.39 is 0 Å². The summed E-state index contributed by atoms with van der Waals surface area (Å²) in [7, 11) is 8.48. The quantitative estimate of drug-likeness (QED) is 0.700. The van der Waals surface area contributed by atoms with Crippen LogP contribution in [0.3, 0.4) is 0 Å². The Morgan fingerprint density at radius 3 is 2.64 bits per heavy atom. The molecule has 7 nitrogen and oxygen atoms in total. The average Bonchev–Trinajstić information content (AvgIpc) is 3.15. The van der Waals surface area contributed by atoms with Crippen molar-refractivity contribution in [1.29, 1.82) is 0 Å². The maximum Gasteiger partial charge on any atom is 0.236 e. The molecule has 0 spiro atoms. The van der Waals surface area contributed by atoms with Crippen molar-refractivity contribution >= 4 is 5.91 Å². The Morgan fingerprint density at radius 1 is 1.18 bits per heavy atom. The normalized spacial score (nSPS) is 22.4. The topological polar surface area (TPSA) is 47.9 Å². The summed E-state index contributed by atoms with van der Waals surface area (Å²) < 4.78 is 2.27. The molecule has 0 radical (unpaired) electrons. The van der Waals surface area contributed by atoms with Crippen LogP contribution in [0.1, 0.15) is 37.4 Å². The molecule has 3 rings (SSSR count). The summed E-state index contributed by atoms with van der Waals surface area (Å²) >= 11 is 0. The number of likely N-dealkylation sites (N-methyl/N-ethyl adjacent to an activating group) is 2. The Hall–Kier alpha value is -1.44. The molecule has 158 valence electrons. The van der Waals surface area contributed by atoms with E-state index in [4.69, 9.17) is 0 Å². The monoisotopic (exact) mass is 390 g/mol. The molecule has 0 aromatic carbocycles. The zero-order chi connectivity index (χ0) is 20.1. The molecule has 2 saturated heterocycles. The highest BCUT2D eigenvalue weighted by Gasteiger charge is 2.29. The van der Waals surface area contributed by atoms with Gasteiger partial charge in [-0.2, -0.15) is 0 Å². The van der Waals surface area contributed by atoms with Gasteiger partial charge < -0.3 is 19.3 Å². The fraction of sp³-hybridized carbons (Fsp3) is 0.810. The third-order valence-corrected chi connectivity index (χ3v) is 6.37. The molecule has 3 heterocycles. The molecule has 1 unspecified atom stereocenters. The van der Waals surface area contributed by atoms with E-state index in [9.17, 15) is 4.79 Å². The van der Waals surface area contributed by atoms with E-state index in [2.05, 4.69) is 63.5 Å². The second-order valence-electron chi connectivity index (χ2n) is 8.91. The zero-order valence-electron chi connectivity index (χ0n) is 18.2. The van der Waals surface area contributed by atoms with E-state index in [1.54, 1.807) is 0 Å². The Morgan fingerprint density at radius 2 is 1.93 bits per heavy atom. The number of piperidine rings is 2. The van der Waals surface area contributed by atoms with Gasteiger partial charge in [0.05, 0.1) is 6.54 Å². The molecule has 1 aromatic heterocycles. The van der Waals surface area contributed by atoms with Gasteiger partial charge in [0.15, 0.2) is 0 Å². The van der Waals surface area contributed by atoms with Crippen molar-refractivity contribution in [1.82, 2.24) is 29.2 Å². The first-order chi connectivity index (χ1) is 13.4. The highest BCUT2D eigenvalue weighted by atomic mass is 16.2. The summed E-state index contributed by atoms with van der Waals surface area (Å²) in [5, 5.41) is 0. The second-order valence-corrected chi connectivity index (χ2v) is 8.91. The highest BCUT2D eigenvalue weighted by molar-refractivity contribution is 5.78. The van der Waals surface area contributed by atoms with Crippen molar-refractivity contribution in [3.8, 4) is 0 Å². The summed E-state index contributed by atoms with van der Waals surface area (Å²) in [6, 6.07) is 0.533. The summed E-state index contributed by atoms with van der Waals surface area (Å²) in [4.78, 5) is 26.5. The lowest BCUT2D eigenvalue weighted by molar-refractivity contribution is -0.134. The van der Waals surface area contributed by atoms with Crippen molar-refractivity contribution in [3.05, 3.63) is 18.2 Å². The van der Waals surface area contributed by atoms with E-state index in [1.165, 1.54) is 0 Å². The summed E-state index contributed by atoms with van der Waals surface area (Å²) in [6.45, 7) is 6.44. The Balaban J connectivity index is 1.54. The molecule has 0 saturated carbocycles. The molecular weight excluding hydrogens is 352 g/mol. The minimum absolute atomic E-state index is 0.275. The third kappa shape index (κ3) is 5.55. The number of rotatable bonds is 7. The first-order valence-electron chi connectivity index (χ1n) is 10.8. The minimum atomic E-state index is 0.275. The average molecular weight is 391 g/mol. The van der Waals surface area contributed by atoms with Crippen LogP contribution in [0.5, 0.6) is 0 Å². The van der Waals surface area contributed by atoms with Crippen molar-refractivity contribution in [2.45, 2.75) is 44.2 Å². The van der Waals surface area contributed by atoms with Crippen LogP contribution in [0.25, 0.3) is 0 Å². The van der Waals surface area contributed by atoms with Crippen molar-refractivity contribution in [2.24, 2.45) is 0 Å². The van der Waals surface area contributed by atoms with Gasteiger partial charge in [0, 0.05) is 50.5 Å². The molecule has 2 aliphatic rings. The molecule has 0 N–H and O–H groups in total. The van der Waals surface area contributed by atoms with E-state index in [1.807, 2.05) is 6.20 Å². The molecule has 0 aliphatic carbocycles. The van der Waals surface area contributed by atoms with Crippen LogP contribution in [0, 0.1) is 0 Å². The van der Waals surface area contributed by atoms with Crippen molar-refractivity contribution in [3.63, 3.8) is 0 Å². The Bertz CT molecular complexity index is 622. The van der Waals surface area contributed by atoms with Gasteiger partial charge in [-0.15, -0.1) is 0 Å². The van der Waals surface area contributed by atoms with Gasteiger partial charge in [0.25, 0.3) is 0 Å². The zero-order valence-corrected chi connectivity index (χ0v) is 18.2. The van der Waals surface area contributed by atoms with Gasteiger partial charge in [0.1, 0.15) is 5.82 Å². The number of nitrogens with zero attached hydrogens (tertiary/aromatic N) is 6. The number of carbonyl (C=O) groups is 1. The van der Waals surface area contributed by atoms with Crippen molar-refractivity contribution < 1.29 is 4.79 Å². The number of hydrogen-bond acceptors (Lipinski definition) is 5. The molecule has 1 amide bonds. The van der Waals surface area contributed by atoms with Gasteiger partial charge in [0.2, 0.25) is 5.91 Å². The molecule has 28 heavy (non-hydrogen) atoms. The van der Waals surface area contributed by atoms with Crippen molar-refractivity contribution in [2.75, 3.05) is 67.5 Å². The number of imidazole rings is 1. The maximum atomic E-state index is 13.0. The van der Waals surface area contributed by atoms with Gasteiger partial charge >= 0.3 is 0 Å². The summed E-state index contributed by atoms with van der Waals surface area (Å²) in [5.41, 5.74) is 0. The van der Waals surface area contributed by atoms with Crippen LogP contribution in [0.4, 0.5) is 0 Å². The molecule has 2 fully saturated rings. The summed E-state index contributed by atoms with van der Waals surface area (Å²) in [6.07, 6.45) is 8.48. The van der Waals surface area contributed by atoms with E-state index in [0.29, 0.717) is 18.5 Å². The van der Waals surface area contributed by atoms with Crippen LogP contribution in [-0.2, 0) is 11.3 Å². The Kier molecular flexibility index (Phi) is 7.48. The van der Waals surface area contributed by atoms with Crippen LogP contribution in [0.15, 0.2) is 12.4 Å². The maximum absolute atomic E-state index is 13.0. The standard InChI is InChI=1S/C21H38N6O/c1-23(2)14-15-26-13-9-22-21(26)18-6-5-10-27(16-18)20(28)17-25(4)19-7-11-24(3)12-8-19/h9,13,18-19H,5-8,10-12,14-17H2,1-4H3. The Labute approximate surface area is 170 Å². The minimum Gasteiger partial charge on any atom is -0.341 e. The molecule has 0 bridgehead atoms. The second kappa shape index (κ2) is 9.85. The molecule has 7 heteroatoms. The highest BCUT2D eigenvalue weighted by Crippen LogP contribution is 2.26. The molecule has 1 atom stereocenters. The largest absolute Gasteiger partial charge is 0.341 e. The summed E-state index contributed by atoms with van der Waals surface area (Å²) in [5.74, 6) is 1.77.